The Bertz CT molecular complexity index is 931. The van der Waals surface area contributed by atoms with Gasteiger partial charge in [-0.05, 0) is 23.8 Å². The Morgan fingerprint density at radius 1 is 1.10 bits per heavy atom. The van der Waals surface area contributed by atoms with E-state index in [1.54, 1.807) is 0 Å². The van der Waals surface area contributed by atoms with Gasteiger partial charge in [-0.15, -0.1) is 0 Å². The minimum atomic E-state index is -4.72. The first kappa shape index (κ1) is 23.0. The Kier molecular flexibility index (Phi) is 6.05. The van der Waals surface area contributed by atoms with Gasteiger partial charge in [-0.1, -0.05) is 13.8 Å². The van der Waals surface area contributed by atoms with Crippen LogP contribution in [0.25, 0.3) is 0 Å². The van der Waals surface area contributed by atoms with E-state index >= 15 is 0 Å². The largest absolute Gasteiger partial charge is 0.421 e. The average Bonchev–Trinajstić information content (AvgIpc) is 2.68. The maximum absolute atomic E-state index is 13.4. The van der Waals surface area contributed by atoms with Gasteiger partial charge in [-0.2, -0.15) is 31.3 Å². The van der Waals surface area contributed by atoms with Gasteiger partial charge in [0.05, 0.1) is 5.56 Å². The van der Waals surface area contributed by atoms with Crippen LogP contribution in [0, 0.1) is 11.3 Å². The zero-order valence-corrected chi connectivity index (χ0v) is 16.6. The number of anilines is 2. The lowest BCUT2D eigenvalue weighted by Crippen LogP contribution is -2.55. The highest BCUT2D eigenvalue weighted by atomic mass is 19.4. The molecule has 12 heteroatoms. The van der Waals surface area contributed by atoms with E-state index in [-0.39, 0.29) is 36.6 Å². The minimum Gasteiger partial charge on any atom is -0.396 e. The lowest BCUT2D eigenvalue weighted by molar-refractivity contribution is -0.138. The third-order valence-corrected chi connectivity index (χ3v) is 5.74. The highest BCUT2D eigenvalue weighted by molar-refractivity contribution is 5.50. The number of aromatic nitrogens is 3. The number of alkyl halides is 6. The van der Waals surface area contributed by atoms with Crippen LogP contribution in [0.2, 0.25) is 0 Å². The Labute approximate surface area is 174 Å². The quantitative estimate of drug-likeness (QED) is 0.570. The molecule has 0 saturated heterocycles. The predicted octanol–water partition coefficient (Wildman–Crippen LogP) is 4.34. The molecule has 2 atom stereocenters. The van der Waals surface area contributed by atoms with Crippen molar-refractivity contribution in [3.8, 4) is 0 Å². The maximum Gasteiger partial charge on any atom is 0.421 e. The summed E-state index contributed by atoms with van der Waals surface area (Å²) in [5.41, 5.74) is -2.66. The smallest absolute Gasteiger partial charge is 0.396 e. The lowest BCUT2D eigenvalue weighted by atomic mass is 9.59. The number of nitrogens with one attached hydrogen (secondary N) is 2. The highest BCUT2D eigenvalue weighted by Crippen LogP contribution is 2.48. The van der Waals surface area contributed by atoms with E-state index < -0.39 is 34.7 Å². The Morgan fingerprint density at radius 3 is 2.35 bits per heavy atom. The van der Waals surface area contributed by atoms with E-state index in [9.17, 15) is 31.4 Å². The second-order valence-corrected chi connectivity index (χ2v) is 7.97. The topological polar surface area (TPSA) is 83.0 Å². The summed E-state index contributed by atoms with van der Waals surface area (Å²) in [5.74, 6) is -0.796. The van der Waals surface area contributed by atoms with Crippen LogP contribution in [0.5, 0.6) is 0 Å². The van der Waals surface area contributed by atoms with E-state index in [4.69, 9.17) is 0 Å². The van der Waals surface area contributed by atoms with Gasteiger partial charge < -0.3 is 15.7 Å². The molecule has 1 fully saturated rings. The molecule has 0 aliphatic heterocycles. The third-order valence-electron chi connectivity index (χ3n) is 5.74. The fourth-order valence-electron chi connectivity index (χ4n) is 3.54. The van der Waals surface area contributed by atoms with Gasteiger partial charge in [0.1, 0.15) is 11.4 Å². The van der Waals surface area contributed by atoms with Crippen molar-refractivity contribution in [3.05, 3.63) is 41.3 Å². The molecule has 31 heavy (non-hydrogen) atoms. The first-order chi connectivity index (χ1) is 14.3. The van der Waals surface area contributed by atoms with Gasteiger partial charge in [0.15, 0.2) is 0 Å². The van der Waals surface area contributed by atoms with Gasteiger partial charge in [0, 0.05) is 43.3 Å². The molecule has 2 heterocycles. The second kappa shape index (κ2) is 8.13. The zero-order valence-electron chi connectivity index (χ0n) is 16.6. The summed E-state index contributed by atoms with van der Waals surface area (Å²) in [6.07, 6.45) is -6.27. The molecule has 0 spiro atoms. The number of hydrogen-bond donors (Lipinski definition) is 3. The highest BCUT2D eigenvalue weighted by Gasteiger charge is 2.48. The molecule has 170 valence electrons. The van der Waals surface area contributed by atoms with E-state index in [0.717, 1.165) is 18.5 Å². The standard InChI is InChI=1S/C19H21F6N5O/c1-17(2)11(9-31)5-14(17)29-15-13(19(23,24)25)8-28-16(30-15)27-7-10-6-26-4-3-12(10)18(20,21)22/h3-4,6,8,11,14,31H,5,7,9H2,1-2H3,(H2,27,28,29,30)/t11-,14+/m1/s1. The second-order valence-electron chi connectivity index (χ2n) is 7.97. The molecule has 1 saturated carbocycles. The van der Waals surface area contributed by atoms with E-state index in [1.165, 1.54) is 0 Å². The van der Waals surface area contributed by atoms with Gasteiger partial charge in [-0.25, -0.2) is 4.98 Å². The Morgan fingerprint density at radius 2 is 1.77 bits per heavy atom. The Hall–Kier alpha value is -2.63. The SMILES string of the molecule is CC1(C)[C@@H](CO)C[C@@H]1Nc1nc(NCc2cnccc2C(F)(F)F)ncc1C(F)(F)F. The van der Waals surface area contributed by atoms with Crippen molar-refractivity contribution in [1.29, 1.82) is 0 Å². The summed E-state index contributed by atoms with van der Waals surface area (Å²) in [4.78, 5) is 11.1. The van der Waals surface area contributed by atoms with Crippen LogP contribution in [-0.4, -0.2) is 32.7 Å². The van der Waals surface area contributed by atoms with Crippen LogP contribution in [-0.2, 0) is 18.9 Å². The molecule has 1 aliphatic carbocycles. The summed E-state index contributed by atoms with van der Waals surface area (Å²) in [6, 6.07) is 0.442. The van der Waals surface area contributed by atoms with Gasteiger partial charge in [-0.3, -0.25) is 4.98 Å². The minimum absolute atomic E-state index is 0.0647. The van der Waals surface area contributed by atoms with Gasteiger partial charge in [0.25, 0.3) is 0 Å². The number of halogens is 6. The number of nitrogens with zero attached hydrogens (tertiary/aromatic N) is 3. The molecule has 0 amide bonds. The van der Waals surface area contributed by atoms with Crippen LogP contribution in [0.3, 0.4) is 0 Å². The van der Waals surface area contributed by atoms with Crippen LogP contribution < -0.4 is 10.6 Å². The third kappa shape index (κ3) is 4.83. The number of aliphatic hydroxyl groups is 1. The molecule has 0 aromatic carbocycles. The molecule has 2 aromatic heterocycles. The summed E-state index contributed by atoms with van der Waals surface area (Å²) < 4.78 is 79.5. The van der Waals surface area contributed by atoms with Crippen molar-refractivity contribution < 1.29 is 31.4 Å². The number of pyridine rings is 1. The van der Waals surface area contributed by atoms with E-state index in [2.05, 4.69) is 25.6 Å². The lowest BCUT2D eigenvalue weighted by Gasteiger charge is -2.52. The monoisotopic (exact) mass is 449 g/mol. The van der Waals surface area contributed by atoms with E-state index in [1.807, 2.05) is 13.8 Å². The first-order valence-corrected chi connectivity index (χ1v) is 9.39. The fraction of sp³-hybridized carbons (Fsp3) is 0.526. The number of hydrogen-bond acceptors (Lipinski definition) is 6. The zero-order chi connectivity index (χ0) is 23.0. The van der Waals surface area contributed by atoms with Crippen molar-refractivity contribution in [2.75, 3.05) is 17.2 Å². The van der Waals surface area contributed by atoms with Gasteiger partial charge >= 0.3 is 12.4 Å². The summed E-state index contributed by atoms with van der Waals surface area (Å²) in [5, 5.41) is 14.7. The van der Waals surface area contributed by atoms with Crippen molar-refractivity contribution >= 4 is 11.8 Å². The molecule has 2 aromatic rings. The molecular weight excluding hydrogens is 428 g/mol. The van der Waals surface area contributed by atoms with Crippen molar-refractivity contribution in [3.63, 3.8) is 0 Å². The summed E-state index contributed by atoms with van der Waals surface area (Å²) in [7, 11) is 0. The average molecular weight is 449 g/mol. The number of aliphatic hydroxyl groups excluding tert-OH is 1. The Balaban J connectivity index is 1.83. The molecule has 0 radical (unpaired) electrons. The molecule has 3 rings (SSSR count). The summed E-state index contributed by atoms with van der Waals surface area (Å²) in [6.45, 7) is 3.18. The van der Waals surface area contributed by atoms with Crippen LogP contribution in [0.4, 0.5) is 38.1 Å². The molecular formula is C19H21F6N5O. The van der Waals surface area contributed by atoms with E-state index in [0.29, 0.717) is 12.6 Å². The van der Waals surface area contributed by atoms with Crippen molar-refractivity contribution in [2.24, 2.45) is 11.3 Å². The molecule has 0 unspecified atom stereocenters. The molecule has 3 N–H and O–H groups in total. The first-order valence-electron chi connectivity index (χ1n) is 9.39. The molecule has 6 nitrogen and oxygen atoms in total. The van der Waals surface area contributed by atoms with Crippen LogP contribution in [0.1, 0.15) is 37.0 Å². The van der Waals surface area contributed by atoms with Crippen molar-refractivity contribution in [2.45, 2.75) is 45.2 Å². The van der Waals surface area contributed by atoms with Crippen LogP contribution >= 0.6 is 0 Å². The van der Waals surface area contributed by atoms with Crippen molar-refractivity contribution in [1.82, 2.24) is 15.0 Å². The van der Waals surface area contributed by atoms with Gasteiger partial charge in [0.2, 0.25) is 5.95 Å². The predicted molar refractivity (Wildman–Crippen MR) is 100.0 cm³/mol. The maximum atomic E-state index is 13.4. The summed E-state index contributed by atoms with van der Waals surface area (Å²) >= 11 is 0. The van der Waals surface area contributed by atoms with Crippen LogP contribution in [0.15, 0.2) is 24.7 Å². The number of rotatable bonds is 6. The molecule has 0 bridgehead atoms. The normalized spacial score (nSPS) is 20.8. The fourth-order valence-corrected chi connectivity index (χ4v) is 3.54. The molecule has 1 aliphatic rings.